The van der Waals surface area contributed by atoms with Crippen LogP contribution in [0, 0.1) is 0 Å². The van der Waals surface area contributed by atoms with Gasteiger partial charge in [-0.25, -0.2) is 0 Å². The molecule has 0 amide bonds. The third kappa shape index (κ3) is 1.26. The van der Waals surface area contributed by atoms with Gasteiger partial charge in [-0.1, -0.05) is 24.3 Å². The van der Waals surface area contributed by atoms with E-state index in [1.807, 2.05) is 6.07 Å². The van der Waals surface area contributed by atoms with Crippen molar-refractivity contribution >= 4 is 0 Å². The first-order valence-electron chi connectivity index (χ1n) is 5.31. The van der Waals surface area contributed by atoms with Crippen LogP contribution in [0.2, 0.25) is 0 Å². The van der Waals surface area contributed by atoms with E-state index in [2.05, 4.69) is 23.5 Å². The third-order valence-electron chi connectivity index (χ3n) is 3.31. The highest BCUT2D eigenvalue weighted by molar-refractivity contribution is 5.34. The molecule has 1 aromatic carbocycles. The topological polar surface area (TPSA) is 32.3 Å². The fourth-order valence-electron chi connectivity index (χ4n) is 2.06. The van der Waals surface area contributed by atoms with Crippen LogP contribution in [0.1, 0.15) is 29.9 Å². The Balaban J connectivity index is 1.93. The van der Waals surface area contributed by atoms with Crippen LogP contribution >= 0.6 is 0 Å². The molecule has 0 radical (unpaired) electrons. The van der Waals surface area contributed by atoms with Gasteiger partial charge < -0.3 is 10.4 Å². The number of aliphatic hydroxyl groups is 1. The first-order chi connectivity index (χ1) is 6.78. The molecule has 2 N–H and O–H groups in total. The average Bonchev–Trinajstić information content (AvgIpc) is 2.98. The molecule has 1 aliphatic carbocycles. The molecule has 0 atom stereocenters. The Morgan fingerprint density at radius 2 is 2.07 bits per heavy atom. The molecule has 0 unspecified atom stereocenters. The average molecular weight is 189 g/mol. The van der Waals surface area contributed by atoms with Crippen LogP contribution in [0.5, 0.6) is 0 Å². The Morgan fingerprint density at radius 1 is 1.29 bits per heavy atom. The monoisotopic (exact) mass is 189 g/mol. The van der Waals surface area contributed by atoms with Gasteiger partial charge in [0.2, 0.25) is 0 Å². The standard InChI is InChI=1S/C12H15NO/c14-12(7-13-8-12)11-3-1-2-10(6-11)9-4-5-9/h1-3,6,9,13-14H,4-5,7-8H2. The van der Waals surface area contributed by atoms with Crippen molar-refractivity contribution < 1.29 is 5.11 Å². The Bertz CT molecular complexity index is 353. The van der Waals surface area contributed by atoms with Gasteiger partial charge in [-0.2, -0.15) is 0 Å². The van der Waals surface area contributed by atoms with E-state index in [1.165, 1.54) is 18.4 Å². The maximum Gasteiger partial charge on any atom is 0.114 e. The van der Waals surface area contributed by atoms with Gasteiger partial charge >= 0.3 is 0 Å². The van der Waals surface area contributed by atoms with Gasteiger partial charge in [-0.15, -0.1) is 0 Å². The van der Waals surface area contributed by atoms with Crippen molar-refractivity contribution in [3.05, 3.63) is 35.4 Å². The summed E-state index contributed by atoms with van der Waals surface area (Å²) in [7, 11) is 0. The first kappa shape index (κ1) is 8.45. The van der Waals surface area contributed by atoms with Crippen LogP contribution < -0.4 is 5.32 Å². The smallest absolute Gasteiger partial charge is 0.114 e. The van der Waals surface area contributed by atoms with Crippen LogP contribution in [0.15, 0.2) is 24.3 Å². The molecule has 2 heteroatoms. The van der Waals surface area contributed by atoms with Gasteiger partial charge in [-0.05, 0) is 29.9 Å². The maximum atomic E-state index is 10.1. The molecule has 1 saturated heterocycles. The van der Waals surface area contributed by atoms with Gasteiger partial charge in [0.05, 0.1) is 0 Å². The summed E-state index contributed by atoms with van der Waals surface area (Å²) in [5.41, 5.74) is 1.90. The predicted molar refractivity (Wildman–Crippen MR) is 55.2 cm³/mol. The SMILES string of the molecule is OC1(c2cccc(C3CC3)c2)CNC1. The Morgan fingerprint density at radius 3 is 2.64 bits per heavy atom. The van der Waals surface area contributed by atoms with Crippen molar-refractivity contribution in [1.29, 1.82) is 0 Å². The zero-order valence-corrected chi connectivity index (χ0v) is 8.16. The summed E-state index contributed by atoms with van der Waals surface area (Å²) in [4.78, 5) is 0. The van der Waals surface area contributed by atoms with Crippen molar-refractivity contribution in [3.8, 4) is 0 Å². The number of benzene rings is 1. The lowest BCUT2D eigenvalue weighted by atomic mass is 9.87. The van der Waals surface area contributed by atoms with E-state index in [4.69, 9.17) is 0 Å². The minimum absolute atomic E-state index is 0.592. The van der Waals surface area contributed by atoms with Gasteiger partial charge in [0.1, 0.15) is 5.60 Å². The summed E-state index contributed by atoms with van der Waals surface area (Å²) < 4.78 is 0. The number of hydrogen-bond donors (Lipinski definition) is 2. The van der Waals surface area contributed by atoms with Crippen molar-refractivity contribution in [1.82, 2.24) is 5.32 Å². The molecule has 1 saturated carbocycles. The van der Waals surface area contributed by atoms with E-state index >= 15 is 0 Å². The molecule has 0 spiro atoms. The van der Waals surface area contributed by atoms with E-state index in [0.717, 1.165) is 11.5 Å². The van der Waals surface area contributed by atoms with E-state index < -0.39 is 5.60 Å². The Hall–Kier alpha value is -0.860. The molecule has 0 aromatic heterocycles. The van der Waals surface area contributed by atoms with E-state index in [-0.39, 0.29) is 0 Å². The Labute approximate surface area is 84.0 Å². The van der Waals surface area contributed by atoms with Crippen molar-refractivity contribution in [3.63, 3.8) is 0 Å². The fraction of sp³-hybridized carbons (Fsp3) is 0.500. The number of hydrogen-bond acceptors (Lipinski definition) is 2. The minimum Gasteiger partial charge on any atom is -0.382 e. The van der Waals surface area contributed by atoms with E-state index in [0.29, 0.717) is 13.1 Å². The molecule has 2 fully saturated rings. The lowest BCUT2D eigenvalue weighted by Gasteiger charge is -2.38. The lowest BCUT2D eigenvalue weighted by molar-refractivity contribution is -0.0147. The van der Waals surface area contributed by atoms with Crippen LogP contribution in [-0.4, -0.2) is 18.2 Å². The largest absolute Gasteiger partial charge is 0.382 e. The van der Waals surface area contributed by atoms with Crippen molar-refractivity contribution in [2.24, 2.45) is 0 Å². The number of nitrogens with one attached hydrogen (secondary N) is 1. The molecular formula is C12H15NO. The van der Waals surface area contributed by atoms with E-state index in [9.17, 15) is 5.11 Å². The summed E-state index contributed by atoms with van der Waals surface area (Å²) in [5.74, 6) is 0.770. The highest BCUT2D eigenvalue weighted by Gasteiger charge is 2.36. The molecule has 2 nitrogen and oxygen atoms in total. The molecular weight excluding hydrogens is 174 g/mol. The second-order valence-electron chi connectivity index (χ2n) is 4.53. The normalized spacial score (nSPS) is 24.4. The number of rotatable bonds is 2. The predicted octanol–water partition coefficient (Wildman–Crippen LogP) is 1.35. The van der Waals surface area contributed by atoms with Crippen LogP contribution in [-0.2, 0) is 5.60 Å². The Kier molecular flexibility index (Phi) is 1.70. The molecule has 1 heterocycles. The summed E-state index contributed by atoms with van der Waals surface area (Å²) in [6.07, 6.45) is 2.64. The van der Waals surface area contributed by atoms with Crippen molar-refractivity contribution in [2.45, 2.75) is 24.4 Å². The lowest BCUT2D eigenvalue weighted by Crippen LogP contribution is -2.56. The molecule has 1 aromatic rings. The minimum atomic E-state index is -0.592. The maximum absolute atomic E-state index is 10.1. The van der Waals surface area contributed by atoms with E-state index in [1.54, 1.807) is 0 Å². The summed E-state index contributed by atoms with van der Waals surface area (Å²) >= 11 is 0. The van der Waals surface area contributed by atoms with Gasteiger partial charge in [0.15, 0.2) is 0 Å². The third-order valence-corrected chi connectivity index (χ3v) is 3.31. The molecule has 74 valence electrons. The molecule has 14 heavy (non-hydrogen) atoms. The first-order valence-corrected chi connectivity index (χ1v) is 5.31. The van der Waals surface area contributed by atoms with Crippen LogP contribution in [0.4, 0.5) is 0 Å². The summed E-state index contributed by atoms with van der Waals surface area (Å²) in [6, 6.07) is 8.46. The molecule has 2 aliphatic rings. The highest BCUT2D eigenvalue weighted by Crippen LogP contribution is 2.41. The quantitative estimate of drug-likeness (QED) is 0.736. The molecule has 1 aliphatic heterocycles. The zero-order valence-electron chi connectivity index (χ0n) is 8.16. The zero-order chi connectivity index (χ0) is 9.60. The second-order valence-corrected chi connectivity index (χ2v) is 4.53. The van der Waals surface area contributed by atoms with Gasteiger partial charge in [0, 0.05) is 13.1 Å². The van der Waals surface area contributed by atoms with Crippen molar-refractivity contribution in [2.75, 3.05) is 13.1 Å². The molecule has 3 rings (SSSR count). The fourth-order valence-corrected chi connectivity index (χ4v) is 2.06. The summed E-state index contributed by atoms with van der Waals surface area (Å²) in [6.45, 7) is 1.39. The van der Waals surface area contributed by atoms with Crippen LogP contribution in [0.25, 0.3) is 0 Å². The summed E-state index contributed by atoms with van der Waals surface area (Å²) in [5, 5.41) is 13.3. The second kappa shape index (κ2) is 2.81. The molecule has 0 bridgehead atoms. The van der Waals surface area contributed by atoms with Gasteiger partial charge in [0.25, 0.3) is 0 Å². The van der Waals surface area contributed by atoms with Gasteiger partial charge in [-0.3, -0.25) is 0 Å². The number of β-amino-alcohol motifs (C(OH)–C–C–N with tert-alkyl or cyclic N) is 1. The highest BCUT2D eigenvalue weighted by atomic mass is 16.3. The van der Waals surface area contributed by atoms with Crippen LogP contribution in [0.3, 0.4) is 0 Å².